The van der Waals surface area contributed by atoms with Gasteiger partial charge in [-0.05, 0) is 18.6 Å². The SMILES string of the molecule is Cc1cccc2c1OS(=O)(=O)C/C2=N\O. The van der Waals surface area contributed by atoms with Gasteiger partial charge in [-0.3, -0.25) is 0 Å². The molecule has 0 spiro atoms. The number of aryl methyl sites for hydroxylation is 1. The third-order valence-electron chi connectivity index (χ3n) is 2.17. The topological polar surface area (TPSA) is 76.0 Å². The molecule has 1 aromatic rings. The third kappa shape index (κ3) is 1.68. The Bertz CT molecular complexity index is 533. The van der Waals surface area contributed by atoms with Crippen LogP contribution in [0.1, 0.15) is 11.1 Å². The Balaban J connectivity index is 2.70. The maximum Gasteiger partial charge on any atom is 0.315 e. The van der Waals surface area contributed by atoms with Crippen molar-refractivity contribution in [1.82, 2.24) is 0 Å². The van der Waals surface area contributed by atoms with Crippen molar-refractivity contribution in [2.24, 2.45) is 5.16 Å². The summed E-state index contributed by atoms with van der Waals surface area (Å²) in [6.45, 7) is 1.73. The van der Waals surface area contributed by atoms with Gasteiger partial charge in [-0.1, -0.05) is 17.3 Å². The second kappa shape index (κ2) is 3.23. The monoisotopic (exact) mass is 227 g/mol. The van der Waals surface area contributed by atoms with E-state index in [2.05, 4.69) is 5.16 Å². The molecule has 0 saturated heterocycles. The van der Waals surface area contributed by atoms with Gasteiger partial charge >= 0.3 is 10.1 Å². The van der Waals surface area contributed by atoms with Crippen LogP contribution in [0.3, 0.4) is 0 Å². The molecule has 5 nitrogen and oxygen atoms in total. The zero-order valence-corrected chi connectivity index (χ0v) is 8.78. The largest absolute Gasteiger partial charge is 0.411 e. The van der Waals surface area contributed by atoms with E-state index in [0.29, 0.717) is 11.1 Å². The molecule has 0 fully saturated rings. The molecule has 2 rings (SSSR count). The smallest absolute Gasteiger partial charge is 0.315 e. The number of fused-ring (bicyclic) bond motifs is 1. The van der Waals surface area contributed by atoms with Crippen molar-refractivity contribution < 1.29 is 17.8 Å². The summed E-state index contributed by atoms with van der Waals surface area (Å²) >= 11 is 0. The first-order valence-electron chi connectivity index (χ1n) is 4.26. The standard InChI is InChI=1S/C9H9NO4S/c1-6-3-2-4-7-8(10-11)5-15(12,13)14-9(6)7/h2-4,11H,5H2,1H3/b10-8+. The second-order valence-electron chi connectivity index (χ2n) is 3.28. The fourth-order valence-corrected chi connectivity index (χ4v) is 2.56. The van der Waals surface area contributed by atoms with Crippen molar-refractivity contribution in [3.8, 4) is 5.75 Å². The minimum absolute atomic E-state index is 0.111. The minimum Gasteiger partial charge on any atom is -0.411 e. The summed E-state index contributed by atoms with van der Waals surface area (Å²) < 4.78 is 27.5. The van der Waals surface area contributed by atoms with Crippen LogP contribution >= 0.6 is 0 Å². The second-order valence-corrected chi connectivity index (χ2v) is 4.85. The highest BCUT2D eigenvalue weighted by Crippen LogP contribution is 2.29. The van der Waals surface area contributed by atoms with Crippen LogP contribution < -0.4 is 4.18 Å². The molecule has 1 aliphatic heterocycles. The summed E-state index contributed by atoms with van der Waals surface area (Å²) in [4.78, 5) is 0. The van der Waals surface area contributed by atoms with Crippen LogP contribution in [0, 0.1) is 6.92 Å². The number of oxime groups is 1. The highest BCUT2D eigenvalue weighted by molar-refractivity contribution is 7.88. The van der Waals surface area contributed by atoms with Crippen LogP contribution in [-0.4, -0.2) is 25.1 Å². The normalized spacial score (nSPS) is 20.7. The Morgan fingerprint density at radius 2 is 2.20 bits per heavy atom. The van der Waals surface area contributed by atoms with Gasteiger partial charge in [0, 0.05) is 5.56 Å². The van der Waals surface area contributed by atoms with Gasteiger partial charge in [-0.15, -0.1) is 0 Å². The van der Waals surface area contributed by atoms with Gasteiger partial charge in [0.05, 0.1) is 0 Å². The molecule has 15 heavy (non-hydrogen) atoms. The summed E-state index contributed by atoms with van der Waals surface area (Å²) in [6.07, 6.45) is 0. The van der Waals surface area contributed by atoms with Gasteiger partial charge < -0.3 is 9.39 Å². The molecule has 0 aliphatic carbocycles. The lowest BCUT2D eigenvalue weighted by Gasteiger charge is -2.19. The van der Waals surface area contributed by atoms with Crippen molar-refractivity contribution in [3.63, 3.8) is 0 Å². The highest BCUT2D eigenvalue weighted by Gasteiger charge is 2.29. The third-order valence-corrected chi connectivity index (χ3v) is 3.21. The molecule has 0 bridgehead atoms. The molecule has 1 aromatic carbocycles. The first-order chi connectivity index (χ1) is 7.03. The molecule has 0 unspecified atom stereocenters. The predicted octanol–water partition coefficient (Wildman–Crippen LogP) is 0.896. The number of para-hydroxylation sites is 1. The van der Waals surface area contributed by atoms with E-state index in [9.17, 15) is 8.42 Å². The molecule has 6 heteroatoms. The van der Waals surface area contributed by atoms with Crippen LogP contribution in [0.15, 0.2) is 23.4 Å². The quantitative estimate of drug-likeness (QED) is 0.406. The van der Waals surface area contributed by atoms with Crippen molar-refractivity contribution >= 4 is 15.8 Å². The average molecular weight is 227 g/mol. The van der Waals surface area contributed by atoms with Gasteiger partial charge in [-0.25, -0.2) is 0 Å². The van der Waals surface area contributed by atoms with E-state index in [0.717, 1.165) is 0 Å². The first-order valence-corrected chi connectivity index (χ1v) is 5.84. The van der Waals surface area contributed by atoms with Crippen molar-refractivity contribution in [2.45, 2.75) is 6.92 Å². The fourth-order valence-electron chi connectivity index (χ4n) is 1.47. The molecule has 1 N–H and O–H groups in total. The summed E-state index contributed by atoms with van der Waals surface area (Å²) in [6, 6.07) is 5.14. The number of benzene rings is 1. The summed E-state index contributed by atoms with van der Waals surface area (Å²) in [5.74, 6) is -0.156. The van der Waals surface area contributed by atoms with E-state index in [1.54, 1.807) is 25.1 Å². The Labute approximate surface area is 87.1 Å². The minimum atomic E-state index is -3.67. The van der Waals surface area contributed by atoms with E-state index in [4.69, 9.17) is 9.39 Å². The zero-order valence-electron chi connectivity index (χ0n) is 7.97. The zero-order chi connectivity index (χ0) is 11.1. The first kappa shape index (κ1) is 9.97. The highest BCUT2D eigenvalue weighted by atomic mass is 32.2. The van der Waals surface area contributed by atoms with Crippen molar-refractivity contribution in [1.29, 1.82) is 0 Å². The summed E-state index contributed by atoms with van der Waals surface area (Å²) in [5.41, 5.74) is 1.32. The van der Waals surface area contributed by atoms with Crippen molar-refractivity contribution in [2.75, 3.05) is 5.75 Å². The lowest BCUT2D eigenvalue weighted by molar-refractivity contribution is 0.318. The van der Waals surface area contributed by atoms with Gasteiger partial charge in [0.2, 0.25) is 0 Å². The number of rotatable bonds is 0. The van der Waals surface area contributed by atoms with Crippen LogP contribution in [0.2, 0.25) is 0 Å². The van der Waals surface area contributed by atoms with Gasteiger partial charge in [0.15, 0.2) is 5.75 Å². The van der Waals surface area contributed by atoms with E-state index >= 15 is 0 Å². The molecule has 0 amide bonds. The molecular weight excluding hydrogens is 218 g/mol. The lowest BCUT2D eigenvalue weighted by atomic mass is 10.1. The average Bonchev–Trinajstić information content (AvgIpc) is 2.17. The fraction of sp³-hybridized carbons (Fsp3) is 0.222. The Morgan fingerprint density at radius 3 is 2.87 bits per heavy atom. The molecule has 0 atom stereocenters. The van der Waals surface area contributed by atoms with Gasteiger partial charge in [0.25, 0.3) is 0 Å². The molecule has 1 heterocycles. The summed E-state index contributed by atoms with van der Waals surface area (Å²) in [7, 11) is -3.67. The molecule has 0 saturated carbocycles. The maximum absolute atomic E-state index is 11.3. The van der Waals surface area contributed by atoms with Crippen LogP contribution in [0.5, 0.6) is 5.75 Å². The van der Waals surface area contributed by atoms with Crippen molar-refractivity contribution in [3.05, 3.63) is 29.3 Å². The molecule has 0 radical (unpaired) electrons. The maximum atomic E-state index is 11.3. The lowest BCUT2D eigenvalue weighted by Crippen LogP contribution is -2.28. The Hall–Kier alpha value is -1.56. The number of nitrogens with zero attached hydrogens (tertiary/aromatic N) is 1. The molecular formula is C9H9NO4S. The van der Waals surface area contributed by atoms with Crippen LogP contribution in [-0.2, 0) is 10.1 Å². The predicted molar refractivity (Wildman–Crippen MR) is 53.9 cm³/mol. The van der Waals surface area contributed by atoms with Gasteiger partial charge in [0.1, 0.15) is 11.5 Å². The Morgan fingerprint density at radius 1 is 1.47 bits per heavy atom. The van der Waals surface area contributed by atoms with Crippen LogP contribution in [0.25, 0.3) is 0 Å². The molecule has 1 aliphatic rings. The van der Waals surface area contributed by atoms with E-state index < -0.39 is 15.9 Å². The number of hydrogen-bond donors (Lipinski definition) is 1. The van der Waals surface area contributed by atoms with E-state index in [-0.39, 0.29) is 11.5 Å². The van der Waals surface area contributed by atoms with E-state index in [1.165, 1.54) is 0 Å². The molecule has 0 aromatic heterocycles. The van der Waals surface area contributed by atoms with E-state index in [1.807, 2.05) is 0 Å². The van der Waals surface area contributed by atoms with Gasteiger partial charge in [-0.2, -0.15) is 8.42 Å². The van der Waals surface area contributed by atoms with Crippen LogP contribution in [0.4, 0.5) is 0 Å². The Kier molecular flexibility index (Phi) is 2.15. The summed E-state index contributed by atoms with van der Waals surface area (Å²) in [5, 5.41) is 11.7. The number of hydrogen-bond acceptors (Lipinski definition) is 5. The molecule has 80 valence electrons.